The first kappa shape index (κ1) is 11.9. The van der Waals surface area contributed by atoms with Gasteiger partial charge in [-0.3, -0.25) is 0 Å². The third-order valence-electron chi connectivity index (χ3n) is 2.46. The molecule has 2 unspecified atom stereocenters. The van der Waals surface area contributed by atoms with Crippen molar-refractivity contribution in [3.05, 3.63) is 0 Å². The van der Waals surface area contributed by atoms with E-state index in [0.717, 1.165) is 17.2 Å². The van der Waals surface area contributed by atoms with Gasteiger partial charge < -0.3 is 4.90 Å². The Kier molecular flexibility index (Phi) is 6.01. The number of likely N-dealkylation sites (tertiary alicyclic amines) is 1. The van der Waals surface area contributed by atoms with Crippen LogP contribution in [-0.4, -0.2) is 29.9 Å². The normalized spacial score (nSPS) is 31.9. The van der Waals surface area contributed by atoms with E-state index in [-0.39, 0.29) is 17.0 Å². The summed E-state index contributed by atoms with van der Waals surface area (Å²) in [6.45, 7) is 8.51. The first-order valence-corrected chi connectivity index (χ1v) is 5.14. The molecule has 1 nitrogen and oxygen atoms in total. The van der Waals surface area contributed by atoms with E-state index < -0.39 is 0 Å². The topological polar surface area (TPSA) is 3.24 Å². The number of halogens is 2. The van der Waals surface area contributed by atoms with Crippen LogP contribution < -0.4 is 0 Å². The zero-order valence-corrected chi connectivity index (χ0v) is 10.5. The van der Waals surface area contributed by atoms with Crippen LogP contribution in [-0.2, 0) is 0 Å². The van der Waals surface area contributed by atoms with Gasteiger partial charge in [0.1, 0.15) is 0 Å². The average Bonchev–Trinajstić information content (AvgIpc) is 2.14. The van der Waals surface area contributed by atoms with Crippen molar-refractivity contribution in [2.45, 2.75) is 13.8 Å². The van der Waals surface area contributed by atoms with Crippen LogP contribution in [0.2, 0.25) is 0 Å². The van der Waals surface area contributed by atoms with Crippen molar-refractivity contribution < 1.29 is 0 Å². The molecule has 0 radical (unpaired) electrons. The molecule has 0 bridgehead atoms. The summed E-state index contributed by atoms with van der Waals surface area (Å²) in [6.07, 6.45) is 0. The van der Waals surface area contributed by atoms with Crippen LogP contribution in [0.5, 0.6) is 0 Å². The molecule has 1 aliphatic heterocycles. The fourth-order valence-electron chi connectivity index (χ4n) is 1.55. The molecule has 0 N–H and O–H groups in total. The van der Waals surface area contributed by atoms with Crippen molar-refractivity contribution in [1.29, 1.82) is 0 Å². The van der Waals surface area contributed by atoms with Crippen molar-refractivity contribution in [3.8, 4) is 0 Å². The zero-order valence-electron chi connectivity index (χ0n) is 7.22. The second-order valence-electron chi connectivity index (χ2n) is 3.40. The Balaban J connectivity index is 0.000001000. The van der Waals surface area contributed by atoms with Gasteiger partial charge in [-0.1, -0.05) is 29.8 Å². The largest absolute Gasteiger partial charge is 0.302 e. The highest BCUT2D eigenvalue weighted by atomic mass is 79.9. The lowest BCUT2D eigenvalue weighted by Crippen LogP contribution is -2.22. The van der Waals surface area contributed by atoms with Crippen LogP contribution in [0.4, 0.5) is 0 Å². The number of hydrogen-bond donors (Lipinski definition) is 0. The molecular weight excluding hydrogens is 270 g/mol. The smallest absolute Gasteiger partial charge is 0.0159 e. The minimum absolute atomic E-state index is 0. The Morgan fingerprint density at radius 1 is 1.27 bits per heavy atom. The van der Waals surface area contributed by atoms with E-state index in [9.17, 15) is 0 Å². The van der Waals surface area contributed by atoms with Gasteiger partial charge in [-0.25, -0.2) is 0 Å². The van der Waals surface area contributed by atoms with Crippen LogP contribution in [0.3, 0.4) is 0 Å². The molecule has 68 valence electrons. The minimum Gasteiger partial charge on any atom is -0.302 e. The van der Waals surface area contributed by atoms with Crippen LogP contribution in [0.15, 0.2) is 0 Å². The first-order valence-electron chi connectivity index (χ1n) is 4.02. The van der Waals surface area contributed by atoms with E-state index in [1.54, 1.807) is 0 Å². The Bertz CT molecular complexity index is 98.3. The van der Waals surface area contributed by atoms with Gasteiger partial charge >= 0.3 is 0 Å². The maximum absolute atomic E-state index is 3.46. The Hall–Kier alpha value is 0.920. The predicted molar refractivity (Wildman–Crippen MR) is 58.9 cm³/mol. The van der Waals surface area contributed by atoms with E-state index >= 15 is 0 Å². The number of rotatable bonds is 2. The lowest BCUT2D eigenvalue weighted by Gasteiger charge is -2.12. The molecule has 0 spiro atoms. The third kappa shape index (κ3) is 3.43. The quantitative estimate of drug-likeness (QED) is 0.705. The molecular formula is C8H17Br2N. The summed E-state index contributed by atoms with van der Waals surface area (Å²) in [5.41, 5.74) is 0. The highest BCUT2D eigenvalue weighted by molar-refractivity contribution is 9.09. The lowest BCUT2D eigenvalue weighted by molar-refractivity contribution is 0.346. The summed E-state index contributed by atoms with van der Waals surface area (Å²) in [7, 11) is 0. The van der Waals surface area contributed by atoms with E-state index in [4.69, 9.17) is 0 Å². The third-order valence-corrected chi connectivity index (χ3v) is 2.82. The molecule has 1 fully saturated rings. The van der Waals surface area contributed by atoms with Gasteiger partial charge in [0.2, 0.25) is 0 Å². The van der Waals surface area contributed by atoms with Crippen LogP contribution >= 0.6 is 32.9 Å². The van der Waals surface area contributed by atoms with Crippen molar-refractivity contribution in [1.82, 2.24) is 4.90 Å². The van der Waals surface area contributed by atoms with E-state index in [1.165, 1.54) is 19.6 Å². The molecule has 1 rings (SSSR count). The number of nitrogens with zero attached hydrogens (tertiary/aromatic N) is 1. The molecule has 0 aromatic rings. The number of alkyl halides is 1. The molecule has 2 atom stereocenters. The summed E-state index contributed by atoms with van der Waals surface area (Å²) >= 11 is 3.46. The highest BCUT2D eigenvalue weighted by Gasteiger charge is 2.24. The Morgan fingerprint density at radius 2 is 1.73 bits per heavy atom. The predicted octanol–water partition coefficient (Wildman–Crippen LogP) is 2.55. The standard InChI is InChI=1S/C8H16BrN.BrH/c1-7-5-10(4-3-9)6-8(7)2;/h7-8H,3-6H2,1-2H3;1H. The molecule has 0 aromatic heterocycles. The molecule has 3 heteroatoms. The molecule has 0 amide bonds. The summed E-state index contributed by atoms with van der Waals surface area (Å²) < 4.78 is 0. The van der Waals surface area contributed by atoms with Crippen LogP contribution in [0.1, 0.15) is 13.8 Å². The zero-order chi connectivity index (χ0) is 7.56. The average molecular weight is 287 g/mol. The Morgan fingerprint density at radius 3 is 2.09 bits per heavy atom. The van der Waals surface area contributed by atoms with E-state index in [0.29, 0.717) is 0 Å². The second-order valence-corrected chi connectivity index (χ2v) is 4.20. The van der Waals surface area contributed by atoms with Gasteiger partial charge in [-0.2, -0.15) is 0 Å². The molecule has 1 heterocycles. The molecule has 0 aromatic carbocycles. The van der Waals surface area contributed by atoms with Gasteiger partial charge in [0.05, 0.1) is 0 Å². The van der Waals surface area contributed by atoms with Crippen molar-refractivity contribution in [2.24, 2.45) is 11.8 Å². The van der Waals surface area contributed by atoms with Gasteiger partial charge in [-0.15, -0.1) is 17.0 Å². The maximum atomic E-state index is 3.46. The minimum atomic E-state index is 0. The number of hydrogen-bond acceptors (Lipinski definition) is 1. The summed E-state index contributed by atoms with van der Waals surface area (Å²) in [6, 6.07) is 0. The maximum Gasteiger partial charge on any atom is 0.0159 e. The van der Waals surface area contributed by atoms with E-state index in [2.05, 4.69) is 34.7 Å². The van der Waals surface area contributed by atoms with Crippen molar-refractivity contribution in [2.75, 3.05) is 25.0 Å². The first-order chi connectivity index (χ1) is 4.74. The van der Waals surface area contributed by atoms with Crippen molar-refractivity contribution >= 4 is 32.9 Å². The highest BCUT2D eigenvalue weighted by Crippen LogP contribution is 2.21. The molecule has 1 aliphatic rings. The molecule has 0 saturated carbocycles. The summed E-state index contributed by atoms with van der Waals surface area (Å²) in [4.78, 5) is 2.53. The van der Waals surface area contributed by atoms with Gasteiger partial charge in [0.15, 0.2) is 0 Å². The monoisotopic (exact) mass is 285 g/mol. The van der Waals surface area contributed by atoms with Crippen molar-refractivity contribution in [3.63, 3.8) is 0 Å². The molecule has 0 aliphatic carbocycles. The molecule has 1 saturated heterocycles. The van der Waals surface area contributed by atoms with E-state index in [1.807, 2.05) is 0 Å². The second kappa shape index (κ2) is 5.55. The lowest BCUT2D eigenvalue weighted by atomic mass is 10.0. The fraction of sp³-hybridized carbons (Fsp3) is 1.00. The van der Waals surface area contributed by atoms with Crippen LogP contribution in [0.25, 0.3) is 0 Å². The van der Waals surface area contributed by atoms with Gasteiger partial charge in [0.25, 0.3) is 0 Å². The van der Waals surface area contributed by atoms with Crippen LogP contribution in [0, 0.1) is 11.8 Å². The molecule has 11 heavy (non-hydrogen) atoms. The Labute approximate surface area is 88.4 Å². The van der Waals surface area contributed by atoms with Gasteiger partial charge in [0, 0.05) is 25.0 Å². The summed E-state index contributed by atoms with van der Waals surface area (Å²) in [5.74, 6) is 1.80. The van der Waals surface area contributed by atoms with Gasteiger partial charge in [-0.05, 0) is 11.8 Å². The summed E-state index contributed by atoms with van der Waals surface area (Å²) in [5, 5.41) is 1.12. The fourth-order valence-corrected chi connectivity index (χ4v) is 2.05. The SMILES string of the molecule is Br.CC1CN(CCBr)CC1C.